The number of Topliss-reactive ketones (excluding diaryl/α,β-unsaturated/α-hetero) is 1. The molecule has 0 spiro atoms. The lowest BCUT2D eigenvalue weighted by molar-refractivity contribution is -0.122. The molecule has 1 aliphatic heterocycles. The summed E-state index contributed by atoms with van der Waals surface area (Å²) < 4.78 is 19.3. The average molecular weight is 427 g/mol. The highest BCUT2D eigenvalue weighted by Crippen LogP contribution is 2.43. The largest absolute Gasteiger partial charge is 0.457 e. The van der Waals surface area contributed by atoms with Crippen molar-refractivity contribution in [3.05, 3.63) is 107 Å². The van der Waals surface area contributed by atoms with Gasteiger partial charge in [-0.3, -0.25) is 9.59 Å². The van der Waals surface area contributed by atoms with E-state index in [9.17, 15) is 14.0 Å². The van der Waals surface area contributed by atoms with Crippen LogP contribution in [0.25, 0.3) is 0 Å². The average Bonchev–Trinajstić information content (AvgIpc) is 2.79. The number of allylic oxidation sites excluding steroid dienone is 2. The summed E-state index contributed by atoms with van der Waals surface area (Å²) in [7, 11) is 0. The Labute approximate surface area is 185 Å². The van der Waals surface area contributed by atoms with E-state index in [0.717, 1.165) is 16.9 Å². The summed E-state index contributed by atoms with van der Waals surface area (Å²) in [6.45, 7) is 0. The molecule has 1 heterocycles. The lowest BCUT2D eigenvalue weighted by Gasteiger charge is -2.34. The predicted molar refractivity (Wildman–Crippen MR) is 119 cm³/mol. The molecule has 0 fully saturated rings. The third-order valence-electron chi connectivity index (χ3n) is 6.12. The smallest absolute Gasteiger partial charge is 0.225 e. The Hall–Kier alpha value is -3.73. The number of hydrogen-bond donors (Lipinski definition) is 1. The van der Waals surface area contributed by atoms with Crippen molar-refractivity contribution in [2.75, 3.05) is 0 Å². The van der Waals surface area contributed by atoms with Crippen molar-refractivity contribution >= 4 is 11.7 Å². The standard InChI is InChI=1S/C27H22FNO3/c28-20-11-9-17(10-12-20)19-14-24-27(25(30)15-19)23(16-26(31)29-24)18-5-4-8-22(13-18)32-21-6-2-1-3-7-21/h1-13,19,23H,14-16H2,(H,29,31)/t19-,23-/m0/s1. The molecule has 1 amide bonds. The van der Waals surface area contributed by atoms with E-state index in [1.54, 1.807) is 12.1 Å². The Kier molecular flexibility index (Phi) is 5.31. The monoisotopic (exact) mass is 427 g/mol. The SMILES string of the molecule is O=C1C[C@@H](c2cccc(Oc3ccccc3)c2)C2=C(C[C@H](c3ccc(F)cc3)CC2=O)N1. The number of ether oxygens (including phenoxy) is 1. The topological polar surface area (TPSA) is 55.4 Å². The molecule has 0 unspecified atom stereocenters. The van der Waals surface area contributed by atoms with Crippen molar-refractivity contribution in [3.63, 3.8) is 0 Å². The normalized spacial score (nSPS) is 20.5. The van der Waals surface area contributed by atoms with Gasteiger partial charge in [-0.1, -0.05) is 42.5 Å². The van der Waals surface area contributed by atoms with Crippen molar-refractivity contribution in [1.29, 1.82) is 0 Å². The summed E-state index contributed by atoms with van der Waals surface area (Å²) in [5.41, 5.74) is 3.15. The van der Waals surface area contributed by atoms with Crippen LogP contribution in [0.5, 0.6) is 11.5 Å². The summed E-state index contributed by atoms with van der Waals surface area (Å²) in [5, 5.41) is 2.93. The van der Waals surface area contributed by atoms with E-state index >= 15 is 0 Å². The highest BCUT2D eigenvalue weighted by Gasteiger charge is 2.38. The van der Waals surface area contributed by atoms with Gasteiger partial charge in [-0.15, -0.1) is 0 Å². The minimum Gasteiger partial charge on any atom is -0.457 e. The quantitative estimate of drug-likeness (QED) is 0.588. The maximum atomic E-state index is 13.3. The van der Waals surface area contributed by atoms with Gasteiger partial charge in [-0.25, -0.2) is 4.39 Å². The molecular formula is C27H22FNO3. The fourth-order valence-electron chi connectivity index (χ4n) is 4.63. The van der Waals surface area contributed by atoms with Gasteiger partial charge in [0.1, 0.15) is 17.3 Å². The van der Waals surface area contributed by atoms with E-state index < -0.39 is 0 Å². The van der Waals surface area contributed by atoms with Crippen LogP contribution in [0.3, 0.4) is 0 Å². The van der Waals surface area contributed by atoms with Crippen molar-refractivity contribution in [1.82, 2.24) is 5.32 Å². The van der Waals surface area contributed by atoms with Crippen molar-refractivity contribution in [3.8, 4) is 11.5 Å². The lowest BCUT2D eigenvalue weighted by atomic mass is 9.73. The Bertz CT molecular complexity index is 1200. The minimum absolute atomic E-state index is 0.0277. The van der Waals surface area contributed by atoms with Crippen LogP contribution in [-0.2, 0) is 9.59 Å². The van der Waals surface area contributed by atoms with Gasteiger partial charge < -0.3 is 10.1 Å². The Morgan fingerprint density at radius 1 is 0.781 bits per heavy atom. The number of amides is 1. The number of ketones is 1. The number of nitrogens with one attached hydrogen (secondary N) is 1. The number of hydrogen-bond acceptors (Lipinski definition) is 3. The molecule has 2 aliphatic rings. The molecule has 0 saturated carbocycles. The number of para-hydroxylation sites is 1. The van der Waals surface area contributed by atoms with Gasteiger partial charge in [0.05, 0.1) is 0 Å². The molecule has 3 aromatic carbocycles. The number of halogens is 1. The van der Waals surface area contributed by atoms with Gasteiger partial charge in [0.2, 0.25) is 5.91 Å². The molecular weight excluding hydrogens is 405 g/mol. The Morgan fingerprint density at radius 3 is 2.31 bits per heavy atom. The van der Waals surface area contributed by atoms with Gasteiger partial charge in [0, 0.05) is 30.0 Å². The van der Waals surface area contributed by atoms with E-state index in [2.05, 4.69) is 5.32 Å². The first-order valence-corrected chi connectivity index (χ1v) is 10.7. The van der Waals surface area contributed by atoms with Crippen LogP contribution in [0.2, 0.25) is 0 Å². The molecule has 0 saturated heterocycles. The molecule has 0 radical (unpaired) electrons. The fourth-order valence-corrected chi connectivity index (χ4v) is 4.63. The highest BCUT2D eigenvalue weighted by molar-refractivity contribution is 6.02. The molecule has 3 aromatic rings. The van der Waals surface area contributed by atoms with Gasteiger partial charge in [-0.05, 0) is 59.9 Å². The zero-order valence-corrected chi connectivity index (χ0v) is 17.4. The van der Waals surface area contributed by atoms with Gasteiger partial charge in [-0.2, -0.15) is 0 Å². The molecule has 160 valence electrons. The van der Waals surface area contributed by atoms with E-state index in [0.29, 0.717) is 29.9 Å². The second-order valence-corrected chi connectivity index (χ2v) is 8.26. The van der Waals surface area contributed by atoms with Crippen molar-refractivity contribution in [2.24, 2.45) is 0 Å². The number of benzene rings is 3. The first-order valence-electron chi connectivity index (χ1n) is 10.7. The Balaban J connectivity index is 1.45. The van der Waals surface area contributed by atoms with Crippen molar-refractivity contribution < 1.29 is 18.7 Å². The van der Waals surface area contributed by atoms with Crippen LogP contribution in [0.1, 0.15) is 42.2 Å². The van der Waals surface area contributed by atoms with Crippen LogP contribution in [0, 0.1) is 5.82 Å². The second kappa shape index (κ2) is 8.42. The number of carbonyl (C=O) groups excluding carboxylic acids is 2. The molecule has 5 heteroatoms. The summed E-state index contributed by atoms with van der Waals surface area (Å²) >= 11 is 0. The second-order valence-electron chi connectivity index (χ2n) is 8.26. The molecule has 0 aromatic heterocycles. The van der Waals surface area contributed by atoms with E-state index in [4.69, 9.17) is 4.74 Å². The third kappa shape index (κ3) is 4.06. The molecule has 0 bridgehead atoms. The Morgan fingerprint density at radius 2 is 1.53 bits per heavy atom. The van der Waals surface area contributed by atoms with Crippen LogP contribution in [-0.4, -0.2) is 11.7 Å². The zero-order chi connectivity index (χ0) is 22.1. The van der Waals surface area contributed by atoms with Crippen molar-refractivity contribution in [2.45, 2.75) is 31.1 Å². The predicted octanol–water partition coefficient (Wildman–Crippen LogP) is 5.62. The summed E-state index contributed by atoms with van der Waals surface area (Å²) in [5.74, 6) is 0.625. The molecule has 2 atom stereocenters. The summed E-state index contributed by atoms with van der Waals surface area (Å²) in [4.78, 5) is 25.8. The minimum atomic E-state index is -0.306. The molecule has 4 nitrogen and oxygen atoms in total. The fraction of sp³-hybridized carbons (Fsp3) is 0.185. The maximum Gasteiger partial charge on any atom is 0.225 e. The molecule has 32 heavy (non-hydrogen) atoms. The van der Waals surface area contributed by atoms with E-state index in [1.165, 1.54) is 12.1 Å². The van der Waals surface area contributed by atoms with Gasteiger partial charge >= 0.3 is 0 Å². The van der Waals surface area contributed by atoms with E-state index in [-0.39, 0.29) is 35.8 Å². The highest BCUT2D eigenvalue weighted by atomic mass is 19.1. The summed E-state index contributed by atoms with van der Waals surface area (Å²) in [6.07, 6.45) is 1.12. The van der Waals surface area contributed by atoms with E-state index in [1.807, 2.05) is 54.6 Å². The summed E-state index contributed by atoms with van der Waals surface area (Å²) in [6, 6.07) is 23.3. The third-order valence-corrected chi connectivity index (χ3v) is 6.12. The zero-order valence-electron chi connectivity index (χ0n) is 17.4. The lowest BCUT2D eigenvalue weighted by Crippen LogP contribution is -2.38. The number of carbonyl (C=O) groups is 2. The first kappa shape index (κ1) is 20.2. The van der Waals surface area contributed by atoms with Crippen LogP contribution in [0.4, 0.5) is 4.39 Å². The molecule has 1 N–H and O–H groups in total. The first-order chi connectivity index (χ1) is 15.6. The number of rotatable bonds is 4. The van der Waals surface area contributed by atoms with Crippen LogP contribution >= 0.6 is 0 Å². The molecule has 5 rings (SSSR count). The maximum absolute atomic E-state index is 13.3. The molecule has 1 aliphatic carbocycles. The van der Waals surface area contributed by atoms with Gasteiger partial charge in [0.25, 0.3) is 0 Å². The van der Waals surface area contributed by atoms with Gasteiger partial charge in [0.15, 0.2) is 5.78 Å². The van der Waals surface area contributed by atoms with Crippen LogP contribution < -0.4 is 10.1 Å². The van der Waals surface area contributed by atoms with Crippen LogP contribution in [0.15, 0.2) is 90.1 Å².